The molecule has 1 nitrogen and oxygen atoms in total. The molecule has 0 heterocycles. The van der Waals surface area contributed by atoms with Gasteiger partial charge in [0, 0.05) is 5.69 Å². The molecule has 0 aliphatic heterocycles. The van der Waals surface area contributed by atoms with Crippen LogP contribution < -0.4 is 5.73 Å². The molecule has 0 aliphatic rings. The van der Waals surface area contributed by atoms with E-state index < -0.39 is 0 Å². The SMILES string of the molecule is Nc1ccc(/C=C/c2ccc(F)c(Br)c2)cc1. The highest BCUT2D eigenvalue weighted by Crippen LogP contribution is 2.18. The van der Waals surface area contributed by atoms with Crippen LogP contribution in [0.1, 0.15) is 11.1 Å². The predicted octanol–water partition coefficient (Wildman–Crippen LogP) is 4.34. The van der Waals surface area contributed by atoms with Crippen LogP contribution in [0.25, 0.3) is 12.2 Å². The summed E-state index contributed by atoms with van der Waals surface area (Å²) in [5.41, 5.74) is 8.34. The Morgan fingerprint density at radius 2 is 1.53 bits per heavy atom. The van der Waals surface area contributed by atoms with Gasteiger partial charge in [-0.2, -0.15) is 0 Å². The number of rotatable bonds is 2. The molecule has 0 aliphatic carbocycles. The first-order valence-corrected chi connectivity index (χ1v) is 5.93. The van der Waals surface area contributed by atoms with Crippen molar-refractivity contribution in [3.63, 3.8) is 0 Å². The van der Waals surface area contributed by atoms with Crippen molar-refractivity contribution < 1.29 is 4.39 Å². The predicted molar refractivity (Wildman–Crippen MR) is 73.9 cm³/mol. The summed E-state index contributed by atoms with van der Waals surface area (Å²) < 4.78 is 13.5. The number of hydrogen-bond acceptors (Lipinski definition) is 1. The summed E-state index contributed by atoms with van der Waals surface area (Å²) in [5.74, 6) is -0.255. The van der Waals surface area contributed by atoms with E-state index in [-0.39, 0.29) is 5.82 Å². The topological polar surface area (TPSA) is 26.0 Å². The zero-order chi connectivity index (χ0) is 12.3. The molecular formula is C14H11BrFN. The Morgan fingerprint density at radius 1 is 0.941 bits per heavy atom. The Hall–Kier alpha value is -1.61. The van der Waals surface area contributed by atoms with Gasteiger partial charge in [-0.25, -0.2) is 4.39 Å². The lowest BCUT2D eigenvalue weighted by Gasteiger charge is -1.98. The molecule has 2 aromatic carbocycles. The third-order valence-corrected chi connectivity index (χ3v) is 2.96. The maximum Gasteiger partial charge on any atom is 0.137 e. The molecule has 0 amide bonds. The normalized spacial score (nSPS) is 10.9. The van der Waals surface area contributed by atoms with E-state index in [0.29, 0.717) is 4.47 Å². The highest BCUT2D eigenvalue weighted by atomic mass is 79.9. The van der Waals surface area contributed by atoms with E-state index in [2.05, 4.69) is 15.9 Å². The van der Waals surface area contributed by atoms with Crippen molar-refractivity contribution in [3.05, 3.63) is 63.9 Å². The zero-order valence-corrected chi connectivity index (χ0v) is 10.6. The number of benzene rings is 2. The largest absolute Gasteiger partial charge is 0.399 e. The summed E-state index contributed by atoms with van der Waals surface area (Å²) in [7, 11) is 0. The van der Waals surface area contributed by atoms with Crippen LogP contribution in [-0.2, 0) is 0 Å². The summed E-state index contributed by atoms with van der Waals surface area (Å²) >= 11 is 3.16. The minimum atomic E-state index is -0.255. The lowest BCUT2D eigenvalue weighted by atomic mass is 10.1. The maximum atomic E-state index is 13.0. The Bertz CT molecular complexity index is 547. The number of halogens is 2. The second kappa shape index (κ2) is 5.15. The summed E-state index contributed by atoms with van der Waals surface area (Å²) in [6, 6.07) is 12.5. The number of nitrogen functional groups attached to an aromatic ring is 1. The summed E-state index contributed by atoms with van der Waals surface area (Å²) in [4.78, 5) is 0. The molecule has 0 unspecified atom stereocenters. The number of anilines is 1. The van der Waals surface area contributed by atoms with Crippen LogP contribution >= 0.6 is 15.9 Å². The fourth-order valence-corrected chi connectivity index (χ4v) is 1.81. The summed E-state index contributed by atoms with van der Waals surface area (Å²) in [5, 5.41) is 0. The first-order chi connectivity index (χ1) is 8.15. The van der Waals surface area contributed by atoms with E-state index >= 15 is 0 Å². The molecule has 0 saturated heterocycles. The molecular weight excluding hydrogens is 281 g/mol. The van der Waals surface area contributed by atoms with Crippen LogP contribution in [0.2, 0.25) is 0 Å². The van der Waals surface area contributed by atoms with Gasteiger partial charge in [0.2, 0.25) is 0 Å². The van der Waals surface area contributed by atoms with E-state index in [9.17, 15) is 4.39 Å². The molecule has 0 aromatic heterocycles. The van der Waals surface area contributed by atoms with Gasteiger partial charge in [0.25, 0.3) is 0 Å². The zero-order valence-electron chi connectivity index (χ0n) is 9.03. The third kappa shape index (κ3) is 3.17. The van der Waals surface area contributed by atoms with Crippen LogP contribution in [0.5, 0.6) is 0 Å². The van der Waals surface area contributed by atoms with Crippen LogP contribution in [0.4, 0.5) is 10.1 Å². The fraction of sp³-hybridized carbons (Fsp3) is 0. The highest BCUT2D eigenvalue weighted by molar-refractivity contribution is 9.10. The molecule has 2 aromatic rings. The minimum absolute atomic E-state index is 0.255. The quantitative estimate of drug-likeness (QED) is 0.646. The lowest BCUT2D eigenvalue weighted by Crippen LogP contribution is -1.82. The molecule has 3 heteroatoms. The number of nitrogens with two attached hydrogens (primary N) is 1. The van der Waals surface area contributed by atoms with Crippen molar-refractivity contribution in [1.82, 2.24) is 0 Å². The first kappa shape index (κ1) is 11.9. The van der Waals surface area contributed by atoms with Crippen molar-refractivity contribution in [3.8, 4) is 0 Å². The molecule has 2 rings (SSSR count). The molecule has 0 spiro atoms. The minimum Gasteiger partial charge on any atom is -0.399 e. The molecule has 0 bridgehead atoms. The van der Waals surface area contributed by atoms with Gasteiger partial charge in [0.15, 0.2) is 0 Å². The van der Waals surface area contributed by atoms with Gasteiger partial charge >= 0.3 is 0 Å². The van der Waals surface area contributed by atoms with E-state index in [1.807, 2.05) is 36.4 Å². The van der Waals surface area contributed by atoms with Gasteiger partial charge in [0.05, 0.1) is 4.47 Å². The van der Waals surface area contributed by atoms with Crippen molar-refractivity contribution in [2.24, 2.45) is 0 Å². The van der Waals surface area contributed by atoms with Crippen molar-refractivity contribution in [2.45, 2.75) is 0 Å². The molecule has 86 valence electrons. The summed E-state index contributed by atoms with van der Waals surface area (Å²) in [6.07, 6.45) is 3.88. The summed E-state index contributed by atoms with van der Waals surface area (Å²) in [6.45, 7) is 0. The second-order valence-corrected chi connectivity index (χ2v) is 4.53. The number of hydrogen-bond donors (Lipinski definition) is 1. The van der Waals surface area contributed by atoms with Gasteiger partial charge in [0.1, 0.15) is 5.82 Å². The monoisotopic (exact) mass is 291 g/mol. The Morgan fingerprint density at radius 3 is 2.18 bits per heavy atom. The van der Waals surface area contributed by atoms with Crippen molar-refractivity contribution in [2.75, 3.05) is 5.73 Å². The Balaban J connectivity index is 2.20. The van der Waals surface area contributed by atoms with Gasteiger partial charge < -0.3 is 5.73 Å². The van der Waals surface area contributed by atoms with Crippen LogP contribution in [0, 0.1) is 5.82 Å². The van der Waals surface area contributed by atoms with Gasteiger partial charge in [-0.1, -0.05) is 30.4 Å². The van der Waals surface area contributed by atoms with Crippen LogP contribution in [0.15, 0.2) is 46.9 Å². The average Bonchev–Trinajstić information content (AvgIpc) is 2.33. The third-order valence-electron chi connectivity index (χ3n) is 2.35. The Labute approximate surface area is 108 Å². The molecule has 0 atom stereocenters. The highest BCUT2D eigenvalue weighted by Gasteiger charge is 1.97. The van der Waals surface area contributed by atoms with Crippen LogP contribution in [0.3, 0.4) is 0 Å². The fourth-order valence-electron chi connectivity index (χ4n) is 1.42. The van der Waals surface area contributed by atoms with Gasteiger partial charge in [-0.05, 0) is 51.3 Å². The van der Waals surface area contributed by atoms with Gasteiger partial charge in [-0.15, -0.1) is 0 Å². The Kier molecular flexibility index (Phi) is 3.59. The van der Waals surface area contributed by atoms with E-state index in [1.165, 1.54) is 6.07 Å². The lowest BCUT2D eigenvalue weighted by molar-refractivity contribution is 0.621. The molecule has 0 radical (unpaired) electrons. The average molecular weight is 292 g/mol. The van der Waals surface area contributed by atoms with Crippen molar-refractivity contribution >= 4 is 33.8 Å². The maximum absolute atomic E-state index is 13.0. The van der Waals surface area contributed by atoms with Crippen molar-refractivity contribution in [1.29, 1.82) is 0 Å². The standard InChI is InChI=1S/C14H11BrFN/c15-13-9-11(5-8-14(13)16)2-1-10-3-6-12(17)7-4-10/h1-9H,17H2/b2-1+. The second-order valence-electron chi connectivity index (χ2n) is 3.67. The smallest absolute Gasteiger partial charge is 0.137 e. The van der Waals surface area contributed by atoms with Crippen LogP contribution in [-0.4, -0.2) is 0 Å². The molecule has 17 heavy (non-hydrogen) atoms. The first-order valence-electron chi connectivity index (χ1n) is 5.14. The molecule has 2 N–H and O–H groups in total. The van der Waals surface area contributed by atoms with E-state index in [4.69, 9.17) is 5.73 Å². The molecule has 0 fully saturated rings. The van der Waals surface area contributed by atoms with Gasteiger partial charge in [-0.3, -0.25) is 0 Å². The van der Waals surface area contributed by atoms with E-state index in [0.717, 1.165) is 16.8 Å². The molecule has 0 saturated carbocycles. The van der Waals surface area contributed by atoms with E-state index in [1.54, 1.807) is 12.1 Å².